The molecule has 3 rings (SSSR count). The first-order chi connectivity index (χ1) is 11.2. The number of hydrogen-bond acceptors (Lipinski definition) is 3. The van der Waals surface area contributed by atoms with Gasteiger partial charge in [-0.15, -0.1) is 12.4 Å². The van der Waals surface area contributed by atoms with Crippen molar-refractivity contribution >= 4 is 29.1 Å². The van der Waals surface area contributed by atoms with Crippen LogP contribution in [0.15, 0.2) is 42.5 Å². The Hall–Kier alpha value is -1.62. The minimum absolute atomic E-state index is 0. The molecular weight excluding hydrogens is 324 g/mol. The zero-order valence-electron chi connectivity index (χ0n) is 13.7. The fourth-order valence-electron chi connectivity index (χ4n) is 3.16. The lowest BCUT2D eigenvalue weighted by atomic mass is 9.94. The van der Waals surface area contributed by atoms with Gasteiger partial charge < -0.3 is 15.7 Å². The van der Waals surface area contributed by atoms with Crippen LogP contribution in [0.5, 0.6) is 0 Å². The molecule has 1 aliphatic rings. The van der Waals surface area contributed by atoms with E-state index in [0.717, 1.165) is 42.3 Å². The standard InChI is InChI=1S/C19H24N2O2.ClH/c22-18(13-21-19(23)11-14-7-9-20-10-8-14)17-6-5-15-3-1-2-4-16(15)12-17;/h1-6,12,14,18,20,22H,7-11,13H2,(H,21,23);1H. The van der Waals surface area contributed by atoms with Gasteiger partial charge in [-0.05, 0) is 54.3 Å². The molecule has 130 valence electrons. The number of aliphatic hydroxyl groups excluding tert-OH is 1. The fourth-order valence-corrected chi connectivity index (χ4v) is 3.16. The van der Waals surface area contributed by atoms with E-state index >= 15 is 0 Å². The van der Waals surface area contributed by atoms with Crippen LogP contribution < -0.4 is 10.6 Å². The van der Waals surface area contributed by atoms with Gasteiger partial charge in [-0.25, -0.2) is 0 Å². The number of carbonyl (C=O) groups excluding carboxylic acids is 1. The van der Waals surface area contributed by atoms with Gasteiger partial charge >= 0.3 is 0 Å². The van der Waals surface area contributed by atoms with Gasteiger partial charge in [0.1, 0.15) is 0 Å². The molecule has 5 heteroatoms. The lowest BCUT2D eigenvalue weighted by Gasteiger charge is -2.22. The zero-order valence-corrected chi connectivity index (χ0v) is 14.5. The summed E-state index contributed by atoms with van der Waals surface area (Å²) in [6, 6.07) is 14.0. The highest BCUT2D eigenvalue weighted by molar-refractivity contribution is 5.85. The molecule has 0 aliphatic carbocycles. The largest absolute Gasteiger partial charge is 0.387 e. The summed E-state index contributed by atoms with van der Waals surface area (Å²) in [4.78, 5) is 12.0. The number of amides is 1. The number of benzene rings is 2. The van der Waals surface area contributed by atoms with Crippen molar-refractivity contribution in [2.24, 2.45) is 5.92 Å². The summed E-state index contributed by atoms with van der Waals surface area (Å²) in [6.45, 7) is 2.26. The van der Waals surface area contributed by atoms with E-state index in [-0.39, 0.29) is 24.9 Å². The number of halogens is 1. The second kappa shape index (κ2) is 9.02. The predicted molar refractivity (Wildman–Crippen MR) is 99.4 cm³/mol. The molecule has 3 N–H and O–H groups in total. The third-order valence-electron chi connectivity index (χ3n) is 4.58. The Morgan fingerprint density at radius 1 is 1.17 bits per heavy atom. The Morgan fingerprint density at radius 2 is 1.88 bits per heavy atom. The molecule has 0 spiro atoms. The van der Waals surface area contributed by atoms with Gasteiger partial charge in [-0.2, -0.15) is 0 Å². The quantitative estimate of drug-likeness (QED) is 0.778. The summed E-state index contributed by atoms with van der Waals surface area (Å²) < 4.78 is 0. The minimum atomic E-state index is -0.670. The van der Waals surface area contributed by atoms with E-state index in [4.69, 9.17) is 0 Å². The third kappa shape index (κ3) is 4.94. The van der Waals surface area contributed by atoms with Gasteiger partial charge in [0.15, 0.2) is 0 Å². The van der Waals surface area contributed by atoms with Crippen LogP contribution in [-0.4, -0.2) is 30.6 Å². The summed E-state index contributed by atoms with van der Waals surface area (Å²) in [7, 11) is 0. The number of fused-ring (bicyclic) bond motifs is 1. The normalized spacial score (nSPS) is 16.4. The van der Waals surface area contributed by atoms with Gasteiger partial charge in [-0.1, -0.05) is 36.4 Å². The molecule has 0 bridgehead atoms. The lowest BCUT2D eigenvalue weighted by molar-refractivity contribution is -0.122. The van der Waals surface area contributed by atoms with Gasteiger partial charge in [0.25, 0.3) is 0 Å². The van der Waals surface area contributed by atoms with Gasteiger partial charge in [-0.3, -0.25) is 4.79 Å². The molecule has 1 atom stereocenters. The molecule has 1 amide bonds. The Kier molecular flexibility index (Phi) is 7.03. The average Bonchev–Trinajstić information content (AvgIpc) is 2.60. The van der Waals surface area contributed by atoms with E-state index in [9.17, 15) is 9.90 Å². The van der Waals surface area contributed by atoms with Crippen LogP contribution in [0.3, 0.4) is 0 Å². The summed E-state index contributed by atoms with van der Waals surface area (Å²) in [5.41, 5.74) is 0.839. The van der Waals surface area contributed by atoms with Gasteiger partial charge in [0.2, 0.25) is 5.91 Å². The predicted octanol–water partition coefficient (Wildman–Crippen LogP) is 2.80. The molecule has 1 saturated heterocycles. The van der Waals surface area contributed by atoms with Crippen molar-refractivity contribution < 1.29 is 9.90 Å². The van der Waals surface area contributed by atoms with E-state index in [1.807, 2.05) is 42.5 Å². The lowest BCUT2D eigenvalue weighted by Crippen LogP contribution is -2.33. The van der Waals surface area contributed by atoms with Crippen LogP contribution in [0.4, 0.5) is 0 Å². The van der Waals surface area contributed by atoms with Crippen molar-refractivity contribution in [3.8, 4) is 0 Å². The van der Waals surface area contributed by atoms with E-state index in [1.165, 1.54) is 0 Å². The number of nitrogens with one attached hydrogen (secondary N) is 2. The Bertz CT molecular complexity index is 671. The van der Waals surface area contributed by atoms with Gasteiger partial charge in [0, 0.05) is 13.0 Å². The zero-order chi connectivity index (χ0) is 16.1. The number of rotatable bonds is 5. The molecule has 0 aromatic heterocycles. The SMILES string of the molecule is Cl.O=C(CC1CCNCC1)NCC(O)c1ccc2ccccc2c1. The highest BCUT2D eigenvalue weighted by Crippen LogP contribution is 2.20. The molecular formula is C19H25ClN2O2. The van der Waals surface area contributed by atoms with Crippen LogP contribution in [0, 0.1) is 5.92 Å². The van der Waals surface area contributed by atoms with E-state index in [2.05, 4.69) is 10.6 Å². The van der Waals surface area contributed by atoms with Crippen LogP contribution in [0.25, 0.3) is 10.8 Å². The maximum Gasteiger partial charge on any atom is 0.220 e. The Balaban J connectivity index is 0.00000208. The van der Waals surface area contributed by atoms with E-state index in [0.29, 0.717) is 12.3 Å². The van der Waals surface area contributed by atoms with Crippen LogP contribution >= 0.6 is 12.4 Å². The maximum atomic E-state index is 12.0. The maximum absolute atomic E-state index is 12.0. The monoisotopic (exact) mass is 348 g/mol. The topological polar surface area (TPSA) is 61.4 Å². The molecule has 0 radical (unpaired) electrons. The highest BCUT2D eigenvalue weighted by Gasteiger charge is 2.17. The molecule has 2 aromatic rings. The molecule has 24 heavy (non-hydrogen) atoms. The molecule has 1 heterocycles. The first-order valence-electron chi connectivity index (χ1n) is 8.36. The first kappa shape index (κ1) is 18.7. The summed E-state index contributed by atoms with van der Waals surface area (Å²) >= 11 is 0. The molecule has 1 aliphatic heterocycles. The van der Waals surface area contributed by atoms with Crippen molar-refractivity contribution in [3.05, 3.63) is 48.0 Å². The molecule has 4 nitrogen and oxygen atoms in total. The molecule has 1 unspecified atom stereocenters. The smallest absolute Gasteiger partial charge is 0.220 e. The summed E-state index contributed by atoms with van der Waals surface area (Å²) in [6.07, 6.45) is 2.00. The summed E-state index contributed by atoms with van der Waals surface area (Å²) in [5.74, 6) is 0.505. The molecule has 0 saturated carbocycles. The number of hydrogen-bond donors (Lipinski definition) is 3. The average molecular weight is 349 g/mol. The number of carbonyl (C=O) groups is 1. The number of piperidine rings is 1. The Morgan fingerprint density at radius 3 is 2.62 bits per heavy atom. The second-order valence-electron chi connectivity index (χ2n) is 6.32. The molecule has 1 fully saturated rings. The molecule has 2 aromatic carbocycles. The van der Waals surface area contributed by atoms with Crippen LogP contribution in [0.2, 0.25) is 0 Å². The highest BCUT2D eigenvalue weighted by atomic mass is 35.5. The first-order valence-corrected chi connectivity index (χ1v) is 8.36. The van der Waals surface area contributed by atoms with Crippen molar-refractivity contribution in [2.75, 3.05) is 19.6 Å². The van der Waals surface area contributed by atoms with Crippen molar-refractivity contribution in [1.82, 2.24) is 10.6 Å². The van der Waals surface area contributed by atoms with Crippen LogP contribution in [0.1, 0.15) is 30.9 Å². The van der Waals surface area contributed by atoms with Crippen molar-refractivity contribution in [2.45, 2.75) is 25.4 Å². The Labute approximate surface area is 149 Å². The third-order valence-corrected chi connectivity index (χ3v) is 4.58. The van der Waals surface area contributed by atoms with E-state index in [1.54, 1.807) is 0 Å². The summed E-state index contributed by atoms with van der Waals surface area (Å²) in [5, 5.41) is 18.7. The van der Waals surface area contributed by atoms with Crippen molar-refractivity contribution in [3.63, 3.8) is 0 Å². The van der Waals surface area contributed by atoms with Crippen LogP contribution in [-0.2, 0) is 4.79 Å². The number of aliphatic hydroxyl groups is 1. The van der Waals surface area contributed by atoms with Gasteiger partial charge in [0.05, 0.1) is 6.10 Å². The minimum Gasteiger partial charge on any atom is -0.387 e. The second-order valence-corrected chi connectivity index (χ2v) is 6.32. The van der Waals surface area contributed by atoms with E-state index < -0.39 is 6.10 Å². The van der Waals surface area contributed by atoms with Crippen molar-refractivity contribution in [1.29, 1.82) is 0 Å². The fraction of sp³-hybridized carbons (Fsp3) is 0.421.